The number of morpholine rings is 1. The van der Waals surface area contributed by atoms with Crippen molar-refractivity contribution in [1.82, 2.24) is 14.5 Å². The van der Waals surface area contributed by atoms with E-state index in [-0.39, 0.29) is 6.54 Å². The fourth-order valence-corrected chi connectivity index (χ4v) is 3.88. The van der Waals surface area contributed by atoms with E-state index in [4.69, 9.17) is 4.74 Å². The van der Waals surface area contributed by atoms with E-state index in [0.29, 0.717) is 31.3 Å². The highest BCUT2D eigenvalue weighted by Crippen LogP contribution is 2.33. The van der Waals surface area contributed by atoms with Gasteiger partial charge in [-0.2, -0.15) is 13.2 Å². The number of ether oxygens (including phenoxy) is 1. The van der Waals surface area contributed by atoms with Gasteiger partial charge >= 0.3 is 6.18 Å². The topological polar surface area (TPSA) is 30.3 Å². The van der Waals surface area contributed by atoms with Crippen molar-refractivity contribution in [3.8, 4) is 0 Å². The average molecular weight is 407 g/mol. The van der Waals surface area contributed by atoms with Crippen molar-refractivity contribution >= 4 is 11.0 Å². The van der Waals surface area contributed by atoms with Crippen LogP contribution in [0.4, 0.5) is 17.6 Å². The monoisotopic (exact) mass is 407 g/mol. The number of imidazole rings is 1. The summed E-state index contributed by atoms with van der Waals surface area (Å²) in [6.07, 6.45) is -2.83. The van der Waals surface area contributed by atoms with Crippen LogP contribution < -0.4 is 0 Å². The minimum Gasteiger partial charge on any atom is -0.368 e. The molecule has 2 aromatic carbocycles. The molecule has 29 heavy (non-hydrogen) atoms. The molecule has 4 rings (SSSR count). The zero-order valence-corrected chi connectivity index (χ0v) is 16.1. The summed E-state index contributed by atoms with van der Waals surface area (Å²) >= 11 is 0. The molecule has 1 fully saturated rings. The van der Waals surface area contributed by atoms with Crippen LogP contribution in [0.3, 0.4) is 0 Å². The number of hydrogen-bond donors (Lipinski definition) is 0. The van der Waals surface area contributed by atoms with Crippen molar-refractivity contribution in [3.05, 3.63) is 65.2 Å². The molecule has 0 N–H and O–H groups in total. The van der Waals surface area contributed by atoms with Gasteiger partial charge in [0, 0.05) is 26.7 Å². The van der Waals surface area contributed by atoms with E-state index in [2.05, 4.69) is 4.98 Å². The molecule has 1 aromatic heterocycles. The van der Waals surface area contributed by atoms with E-state index in [1.54, 1.807) is 6.33 Å². The number of fused-ring (bicyclic) bond motifs is 1. The Kier molecular flexibility index (Phi) is 4.86. The van der Waals surface area contributed by atoms with E-state index in [1.165, 1.54) is 0 Å². The van der Waals surface area contributed by atoms with Crippen molar-refractivity contribution < 1.29 is 22.3 Å². The molecule has 1 aliphatic rings. The number of hydrogen-bond acceptors (Lipinski definition) is 3. The van der Waals surface area contributed by atoms with Crippen LogP contribution >= 0.6 is 0 Å². The fraction of sp³-hybridized carbons (Fsp3) is 0.381. The zero-order valence-electron chi connectivity index (χ0n) is 16.1. The first kappa shape index (κ1) is 19.8. The van der Waals surface area contributed by atoms with Crippen molar-refractivity contribution in [2.24, 2.45) is 7.05 Å². The van der Waals surface area contributed by atoms with Gasteiger partial charge in [-0.25, -0.2) is 9.37 Å². The van der Waals surface area contributed by atoms with Crippen LogP contribution in [0.1, 0.15) is 23.6 Å². The number of aromatic nitrogens is 2. The summed E-state index contributed by atoms with van der Waals surface area (Å²) in [4.78, 5) is 6.31. The Balaban J connectivity index is 1.58. The molecule has 3 aromatic rings. The molecule has 8 heteroatoms. The standard InChI is InChI=1S/C21H21F4N3O/c1-20(15-3-4-18-19(10-15)27(2)13-26-18)12-28(5-6-29-20)11-14-7-16(21(23,24)25)9-17(22)8-14/h3-4,7-10,13H,5-6,11-12H2,1-2H3/t20-/m1/s1. The maximum absolute atomic E-state index is 13.7. The van der Waals surface area contributed by atoms with E-state index in [9.17, 15) is 17.6 Å². The molecule has 0 unspecified atom stereocenters. The lowest BCUT2D eigenvalue weighted by molar-refractivity contribution is -0.137. The summed E-state index contributed by atoms with van der Waals surface area (Å²) in [6, 6.07) is 8.61. The first-order valence-corrected chi connectivity index (χ1v) is 9.29. The van der Waals surface area contributed by atoms with Gasteiger partial charge in [-0.3, -0.25) is 4.90 Å². The van der Waals surface area contributed by atoms with Crippen molar-refractivity contribution in [2.75, 3.05) is 19.7 Å². The molecule has 154 valence electrons. The third-order valence-electron chi connectivity index (χ3n) is 5.38. The van der Waals surface area contributed by atoms with Gasteiger partial charge in [0.05, 0.1) is 29.5 Å². The van der Waals surface area contributed by atoms with Gasteiger partial charge in [-0.1, -0.05) is 6.07 Å². The number of halogens is 4. The predicted molar refractivity (Wildman–Crippen MR) is 101 cm³/mol. The molecule has 0 aliphatic carbocycles. The second-order valence-electron chi connectivity index (χ2n) is 7.69. The fourth-order valence-electron chi connectivity index (χ4n) is 3.88. The smallest absolute Gasteiger partial charge is 0.368 e. The van der Waals surface area contributed by atoms with Gasteiger partial charge in [0.15, 0.2) is 0 Å². The third kappa shape index (κ3) is 4.00. The quantitative estimate of drug-likeness (QED) is 0.600. The summed E-state index contributed by atoms with van der Waals surface area (Å²) in [5.41, 5.74) is 1.52. The summed E-state index contributed by atoms with van der Waals surface area (Å²) < 4.78 is 60.7. The highest BCUT2D eigenvalue weighted by atomic mass is 19.4. The summed E-state index contributed by atoms with van der Waals surface area (Å²) in [5.74, 6) is -0.882. The zero-order chi connectivity index (χ0) is 20.8. The van der Waals surface area contributed by atoms with Crippen LogP contribution in [-0.2, 0) is 30.1 Å². The maximum atomic E-state index is 13.7. The van der Waals surface area contributed by atoms with Crippen LogP contribution in [0.5, 0.6) is 0 Å². The lowest BCUT2D eigenvalue weighted by Gasteiger charge is -2.41. The van der Waals surface area contributed by atoms with Gasteiger partial charge in [-0.05, 0) is 48.4 Å². The Morgan fingerprint density at radius 1 is 1.17 bits per heavy atom. The van der Waals surface area contributed by atoms with Gasteiger partial charge in [0.25, 0.3) is 0 Å². The van der Waals surface area contributed by atoms with E-state index >= 15 is 0 Å². The normalized spacial score (nSPS) is 21.0. The Bertz CT molecular complexity index is 1050. The number of nitrogens with zero attached hydrogens (tertiary/aromatic N) is 3. The summed E-state index contributed by atoms with van der Waals surface area (Å²) in [7, 11) is 1.91. The molecule has 0 bridgehead atoms. The molecular formula is C21H21F4N3O. The van der Waals surface area contributed by atoms with Gasteiger partial charge < -0.3 is 9.30 Å². The highest BCUT2D eigenvalue weighted by molar-refractivity contribution is 5.76. The van der Waals surface area contributed by atoms with Crippen LogP contribution in [-0.4, -0.2) is 34.1 Å². The van der Waals surface area contributed by atoms with Gasteiger partial charge in [0.2, 0.25) is 0 Å². The van der Waals surface area contributed by atoms with Crippen LogP contribution in [0.2, 0.25) is 0 Å². The van der Waals surface area contributed by atoms with Crippen molar-refractivity contribution in [3.63, 3.8) is 0 Å². The molecule has 0 amide bonds. The molecule has 0 spiro atoms. The van der Waals surface area contributed by atoms with Crippen molar-refractivity contribution in [1.29, 1.82) is 0 Å². The predicted octanol–water partition coefficient (Wildman–Crippen LogP) is 4.48. The molecule has 0 saturated carbocycles. The van der Waals surface area contributed by atoms with E-state index in [0.717, 1.165) is 28.7 Å². The summed E-state index contributed by atoms with van der Waals surface area (Å²) in [6.45, 7) is 3.65. The number of alkyl halides is 3. The molecule has 1 saturated heterocycles. The van der Waals surface area contributed by atoms with Crippen molar-refractivity contribution in [2.45, 2.75) is 25.2 Å². The molecule has 0 radical (unpaired) electrons. The Labute approximate surface area is 165 Å². The molecule has 4 nitrogen and oxygen atoms in total. The van der Waals surface area contributed by atoms with E-state index in [1.807, 2.05) is 41.6 Å². The van der Waals surface area contributed by atoms with Crippen LogP contribution in [0.15, 0.2) is 42.7 Å². The second kappa shape index (κ2) is 7.11. The van der Waals surface area contributed by atoms with Gasteiger partial charge in [0.1, 0.15) is 11.4 Å². The first-order valence-electron chi connectivity index (χ1n) is 9.29. The lowest BCUT2D eigenvalue weighted by Crippen LogP contribution is -2.47. The third-order valence-corrected chi connectivity index (χ3v) is 5.38. The number of aryl methyl sites for hydroxylation is 1. The second-order valence-corrected chi connectivity index (χ2v) is 7.69. The first-order chi connectivity index (χ1) is 13.6. The molecule has 1 aliphatic heterocycles. The molecule has 1 atom stereocenters. The largest absolute Gasteiger partial charge is 0.416 e. The number of benzene rings is 2. The Hall–Kier alpha value is -2.45. The Morgan fingerprint density at radius 2 is 1.97 bits per heavy atom. The molecule has 2 heterocycles. The Morgan fingerprint density at radius 3 is 2.72 bits per heavy atom. The SMILES string of the molecule is Cn1cnc2ccc([C@@]3(C)CN(Cc4cc(F)cc(C(F)(F)F)c4)CCO3)cc21. The summed E-state index contributed by atoms with van der Waals surface area (Å²) in [5, 5.41) is 0. The average Bonchev–Trinajstić information content (AvgIpc) is 3.01. The van der Waals surface area contributed by atoms with Crippen LogP contribution in [0.25, 0.3) is 11.0 Å². The minimum atomic E-state index is -4.57. The highest BCUT2D eigenvalue weighted by Gasteiger charge is 2.35. The van der Waals surface area contributed by atoms with Crippen LogP contribution in [0, 0.1) is 5.82 Å². The molecular weight excluding hydrogens is 386 g/mol. The number of rotatable bonds is 3. The maximum Gasteiger partial charge on any atom is 0.416 e. The van der Waals surface area contributed by atoms with E-state index < -0.39 is 23.2 Å². The lowest BCUT2D eigenvalue weighted by atomic mass is 9.93. The van der Waals surface area contributed by atoms with Gasteiger partial charge in [-0.15, -0.1) is 0 Å². The minimum absolute atomic E-state index is 0.216.